The van der Waals surface area contributed by atoms with Gasteiger partial charge in [-0.1, -0.05) is 0 Å². The van der Waals surface area contributed by atoms with Crippen molar-refractivity contribution in [1.82, 2.24) is 22.8 Å². The summed E-state index contributed by atoms with van der Waals surface area (Å²) >= 11 is 1.15. The Kier molecular flexibility index (Phi) is 3.44. The topological polar surface area (TPSA) is 84.2 Å². The quantitative estimate of drug-likeness (QED) is 0.779. The predicted molar refractivity (Wildman–Crippen MR) is 74.1 cm³/mol. The van der Waals surface area contributed by atoms with Gasteiger partial charge in [-0.2, -0.15) is 18.2 Å². The van der Waals surface area contributed by atoms with Crippen LogP contribution in [0, 0.1) is 0 Å². The average molecular weight is 314 g/mol. The van der Waals surface area contributed by atoms with Crippen LogP contribution in [-0.2, 0) is 17.1 Å². The van der Waals surface area contributed by atoms with Crippen molar-refractivity contribution in [1.29, 1.82) is 0 Å². The van der Waals surface area contributed by atoms with E-state index >= 15 is 0 Å². The minimum absolute atomic E-state index is 0.240. The summed E-state index contributed by atoms with van der Waals surface area (Å²) < 4.78 is 35.9. The molecule has 108 valence electrons. The first-order chi connectivity index (χ1) is 9.57. The second-order valence-electron chi connectivity index (χ2n) is 4.51. The van der Waals surface area contributed by atoms with E-state index < -0.39 is 10.0 Å². The van der Waals surface area contributed by atoms with Crippen LogP contribution >= 0.6 is 11.7 Å². The zero-order valence-corrected chi connectivity index (χ0v) is 12.5. The van der Waals surface area contributed by atoms with Gasteiger partial charge in [-0.25, -0.2) is 8.42 Å². The zero-order chi connectivity index (χ0) is 14.2. The highest BCUT2D eigenvalue weighted by Crippen LogP contribution is 2.19. The van der Waals surface area contributed by atoms with Crippen molar-refractivity contribution in [3.05, 3.63) is 18.6 Å². The Balaban J connectivity index is 1.72. The van der Waals surface area contributed by atoms with E-state index in [2.05, 4.69) is 13.8 Å². The van der Waals surface area contributed by atoms with Crippen LogP contribution in [0.25, 0.3) is 0 Å². The molecule has 2 aromatic rings. The van der Waals surface area contributed by atoms with E-state index in [0.717, 1.165) is 17.5 Å². The number of hydrogen-bond donors (Lipinski definition) is 0. The molecule has 1 aliphatic rings. The van der Waals surface area contributed by atoms with Gasteiger partial charge in [0, 0.05) is 39.4 Å². The van der Waals surface area contributed by atoms with Gasteiger partial charge in [-0.3, -0.25) is 4.68 Å². The van der Waals surface area contributed by atoms with Crippen molar-refractivity contribution in [2.24, 2.45) is 7.05 Å². The van der Waals surface area contributed by atoms with Gasteiger partial charge in [0.2, 0.25) is 10.0 Å². The highest BCUT2D eigenvalue weighted by molar-refractivity contribution is 7.89. The molecule has 2 aromatic heterocycles. The number of aryl methyl sites for hydroxylation is 1. The maximum atomic E-state index is 12.4. The molecule has 10 heteroatoms. The SMILES string of the molecule is Cn1cc(S(=O)(=O)N2CCN(c3cnsn3)CC2)cn1. The lowest BCUT2D eigenvalue weighted by molar-refractivity contribution is 0.384. The molecule has 0 aliphatic carbocycles. The third-order valence-corrected chi connectivity index (χ3v) is 5.55. The number of rotatable bonds is 3. The van der Waals surface area contributed by atoms with E-state index in [1.54, 1.807) is 13.2 Å². The van der Waals surface area contributed by atoms with Gasteiger partial charge < -0.3 is 4.90 Å². The molecule has 3 heterocycles. The van der Waals surface area contributed by atoms with Crippen LogP contribution in [0.2, 0.25) is 0 Å². The van der Waals surface area contributed by atoms with Crippen LogP contribution in [0.5, 0.6) is 0 Å². The maximum Gasteiger partial charge on any atom is 0.246 e. The van der Waals surface area contributed by atoms with Crippen LogP contribution < -0.4 is 4.90 Å². The molecule has 0 atom stereocenters. The molecule has 0 bridgehead atoms. The van der Waals surface area contributed by atoms with Gasteiger partial charge in [0.25, 0.3) is 0 Å². The van der Waals surface area contributed by atoms with Gasteiger partial charge in [0.15, 0.2) is 5.82 Å². The Hall–Kier alpha value is -1.52. The van der Waals surface area contributed by atoms with E-state index in [1.807, 2.05) is 4.90 Å². The van der Waals surface area contributed by atoms with E-state index in [9.17, 15) is 8.42 Å². The van der Waals surface area contributed by atoms with Crippen LogP contribution in [-0.4, -0.2) is 57.4 Å². The zero-order valence-electron chi connectivity index (χ0n) is 10.9. The largest absolute Gasteiger partial charge is 0.352 e. The van der Waals surface area contributed by atoms with Crippen molar-refractivity contribution in [3.8, 4) is 0 Å². The van der Waals surface area contributed by atoms with Crippen LogP contribution in [0.15, 0.2) is 23.5 Å². The normalized spacial score (nSPS) is 17.6. The van der Waals surface area contributed by atoms with E-state index in [4.69, 9.17) is 0 Å². The lowest BCUT2D eigenvalue weighted by Gasteiger charge is -2.33. The smallest absolute Gasteiger partial charge is 0.246 e. The lowest BCUT2D eigenvalue weighted by Crippen LogP contribution is -2.48. The Morgan fingerprint density at radius 2 is 1.95 bits per heavy atom. The van der Waals surface area contributed by atoms with Crippen molar-refractivity contribution >= 4 is 27.6 Å². The summed E-state index contributed by atoms with van der Waals surface area (Å²) in [4.78, 5) is 2.28. The number of piperazine rings is 1. The molecule has 3 rings (SSSR count). The molecule has 0 amide bonds. The fourth-order valence-corrected chi connectivity index (χ4v) is 3.98. The predicted octanol–water partition coefficient (Wildman–Crippen LogP) is -0.218. The van der Waals surface area contributed by atoms with Gasteiger partial charge in [0.05, 0.1) is 24.1 Å². The van der Waals surface area contributed by atoms with Crippen molar-refractivity contribution in [3.63, 3.8) is 0 Å². The summed E-state index contributed by atoms with van der Waals surface area (Å²) in [5.41, 5.74) is 0. The Bertz CT molecular complexity index is 672. The van der Waals surface area contributed by atoms with E-state index in [1.165, 1.54) is 21.4 Å². The molecule has 0 aromatic carbocycles. The fraction of sp³-hybridized carbons (Fsp3) is 0.500. The van der Waals surface area contributed by atoms with Gasteiger partial charge in [-0.15, -0.1) is 0 Å². The molecule has 0 saturated carbocycles. The minimum atomic E-state index is -3.44. The van der Waals surface area contributed by atoms with Crippen molar-refractivity contribution in [2.45, 2.75) is 4.90 Å². The molecule has 0 radical (unpaired) electrons. The summed E-state index contributed by atoms with van der Waals surface area (Å²) in [6, 6.07) is 0. The van der Waals surface area contributed by atoms with Gasteiger partial charge in [0.1, 0.15) is 4.90 Å². The molecule has 1 aliphatic heterocycles. The Morgan fingerprint density at radius 3 is 2.50 bits per heavy atom. The number of nitrogens with zero attached hydrogens (tertiary/aromatic N) is 6. The Morgan fingerprint density at radius 1 is 1.20 bits per heavy atom. The van der Waals surface area contributed by atoms with Crippen molar-refractivity contribution < 1.29 is 8.42 Å². The fourth-order valence-electron chi connectivity index (χ4n) is 2.14. The second kappa shape index (κ2) is 5.11. The molecular weight excluding hydrogens is 300 g/mol. The number of anilines is 1. The molecule has 8 nitrogen and oxygen atoms in total. The van der Waals surface area contributed by atoms with Gasteiger partial charge in [-0.05, 0) is 0 Å². The molecule has 1 saturated heterocycles. The first kappa shape index (κ1) is 13.5. The number of sulfonamides is 1. The third kappa shape index (κ3) is 2.41. The highest BCUT2D eigenvalue weighted by Gasteiger charge is 2.29. The molecule has 0 N–H and O–H groups in total. The molecule has 0 spiro atoms. The van der Waals surface area contributed by atoms with Gasteiger partial charge >= 0.3 is 0 Å². The van der Waals surface area contributed by atoms with Crippen LogP contribution in [0.1, 0.15) is 0 Å². The summed E-state index contributed by atoms with van der Waals surface area (Å²) in [7, 11) is -1.74. The first-order valence-corrected chi connectivity index (χ1v) is 8.26. The maximum absolute atomic E-state index is 12.4. The van der Waals surface area contributed by atoms with Crippen molar-refractivity contribution in [2.75, 3.05) is 31.1 Å². The summed E-state index contributed by atoms with van der Waals surface area (Å²) in [6.45, 7) is 2.11. The highest BCUT2D eigenvalue weighted by atomic mass is 32.2. The number of aromatic nitrogens is 4. The lowest BCUT2D eigenvalue weighted by atomic mass is 10.4. The van der Waals surface area contributed by atoms with Crippen LogP contribution in [0.3, 0.4) is 0 Å². The number of hydrogen-bond acceptors (Lipinski definition) is 7. The summed E-state index contributed by atoms with van der Waals surface area (Å²) in [5, 5.41) is 3.92. The molecule has 0 unspecified atom stereocenters. The first-order valence-electron chi connectivity index (χ1n) is 6.09. The Labute approximate surface area is 121 Å². The third-order valence-electron chi connectivity index (χ3n) is 3.23. The summed E-state index contributed by atoms with van der Waals surface area (Å²) in [6.07, 6.45) is 4.61. The molecular formula is C10H14N6O2S2. The summed E-state index contributed by atoms with van der Waals surface area (Å²) in [5.74, 6) is 0.813. The monoisotopic (exact) mass is 314 g/mol. The second-order valence-corrected chi connectivity index (χ2v) is 7.00. The molecule has 20 heavy (non-hydrogen) atoms. The average Bonchev–Trinajstić information content (AvgIpc) is 3.10. The van der Waals surface area contributed by atoms with E-state index in [-0.39, 0.29) is 4.90 Å². The van der Waals surface area contributed by atoms with Crippen LogP contribution in [0.4, 0.5) is 5.82 Å². The van der Waals surface area contributed by atoms with E-state index in [0.29, 0.717) is 26.2 Å². The molecule has 1 fully saturated rings. The standard InChI is InChI=1S/C10H14N6O2S2/c1-14-8-9(6-11-14)20(17,18)16-4-2-15(3-5-16)10-7-12-19-13-10/h6-8H,2-5H2,1H3. The minimum Gasteiger partial charge on any atom is -0.352 e.